The number of nitrogens with zero attached hydrogens (tertiary/aromatic N) is 2. The van der Waals surface area contributed by atoms with Gasteiger partial charge in [0.1, 0.15) is 6.67 Å². The highest BCUT2D eigenvalue weighted by Gasteiger charge is 2.05. The molecule has 0 aromatic rings. The van der Waals surface area contributed by atoms with Crippen molar-refractivity contribution in [1.29, 1.82) is 0 Å². The predicted molar refractivity (Wildman–Crippen MR) is 34.6 cm³/mol. The van der Waals surface area contributed by atoms with Gasteiger partial charge in [0.2, 0.25) is 6.41 Å². The molecule has 0 aliphatic carbocycles. The summed E-state index contributed by atoms with van der Waals surface area (Å²) in [6.07, 6.45) is 0.600. The van der Waals surface area contributed by atoms with Crippen LogP contribution < -0.4 is 5.32 Å². The minimum absolute atomic E-state index is 0.446. The summed E-state index contributed by atoms with van der Waals surface area (Å²) in [5, 5.41) is 2.43. The maximum Gasteiger partial charge on any atom is 0.212 e. The Morgan fingerprint density at radius 2 is 2.44 bits per heavy atom. The monoisotopic (exact) mass is 125 g/mol. The molecule has 9 heavy (non-hydrogen) atoms. The third-order valence-electron chi connectivity index (χ3n) is 1.08. The highest BCUT2D eigenvalue weighted by molar-refractivity contribution is 6.42. The zero-order valence-corrected chi connectivity index (χ0v) is 5.09. The Hall–Kier alpha value is -1.19. The molecule has 0 aromatic heterocycles. The second-order valence-electron chi connectivity index (χ2n) is 1.65. The highest BCUT2D eigenvalue weighted by atomic mass is 16.1. The smallest absolute Gasteiger partial charge is 0.212 e. The number of aliphatic imine (C=N–C) groups is 2. The van der Waals surface area contributed by atoms with E-state index >= 15 is 0 Å². The van der Waals surface area contributed by atoms with Crippen LogP contribution in [-0.4, -0.2) is 24.6 Å². The van der Waals surface area contributed by atoms with Crippen LogP contribution >= 0.6 is 0 Å². The summed E-state index contributed by atoms with van der Waals surface area (Å²) < 4.78 is 0. The van der Waals surface area contributed by atoms with Gasteiger partial charge in [-0.2, -0.15) is 0 Å². The molecule has 0 fully saturated rings. The van der Waals surface area contributed by atoms with Gasteiger partial charge in [-0.15, -0.1) is 0 Å². The first-order valence-corrected chi connectivity index (χ1v) is 2.60. The SMILES string of the molecule is CC1=NCN=C1NC=O. The number of hydrogen-bond donors (Lipinski definition) is 1. The molecule has 0 saturated heterocycles. The van der Waals surface area contributed by atoms with E-state index < -0.39 is 0 Å². The van der Waals surface area contributed by atoms with E-state index in [0.29, 0.717) is 18.9 Å². The number of carbonyl (C=O) groups is 1. The molecule has 0 atom stereocenters. The summed E-state index contributed by atoms with van der Waals surface area (Å²) in [6, 6.07) is 0. The number of carbonyl (C=O) groups excluding carboxylic acids is 1. The van der Waals surface area contributed by atoms with Crippen LogP contribution in [-0.2, 0) is 4.79 Å². The van der Waals surface area contributed by atoms with Crippen LogP contribution in [0.1, 0.15) is 6.92 Å². The fourth-order valence-electron chi connectivity index (χ4n) is 0.607. The first-order chi connectivity index (χ1) is 4.34. The minimum Gasteiger partial charge on any atom is -0.312 e. The van der Waals surface area contributed by atoms with E-state index in [1.807, 2.05) is 6.92 Å². The van der Waals surface area contributed by atoms with Crippen molar-refractivity contribution in [2.45, 2.75) is 6.92 Å². The van der Waals surface area contributed by atoms with Crippen molar-refractivity contribution in [2.75, 3.05) is 6.67 Å². The molecule has 0 unspecified atom stereocenters. The maximum atomic E-state index is 9.86. The molecule has 1 aliphatic heterocycles. The zero-order valence-electron chi connectivity index (χ0n) is 5.09. The summed E-state index contributed by atoms with van der Waals surface area (Å²) in [4.78, 5) is 17.7. The lowest BCUT2D eigenvalue weighted by atomic mass is 10.4. The summed E-state index contributed by atoms with van der Waals surface area (Å²) >= 11 is 0. The van der Waals surface area contributed by atoms with Crippen molar-refractivity contribution in [1.82, 2.24) is 5.32 Å². The summed E-state index contributed by atoms with van der Waals surface area (Å²) in [7, 11) is 0. The Kier molecular flexibility index (Phi) is 1.58. The van der Waals surface area contributed by atoms with E-state index in [1.165, 1.54) is 0 Å². The molecule has 4 heteroatoms. The number of rotatable bonds is 1. The van der Waals surface area contributed by atoms with Crippen LogP contribution in [0.15, 0.2) is 9.98 Å². The normalized spacial score (nSPS) is 16.6. The van der Waals surface area contributed by atoms with Crippen LogP contribution in [0, 0.1) is 0 Å². The average Bonchev–Trinajstić information content (AvgIpc) is 2.18. The van der Waals surface area contributed by atoms with Crippen LogP contribution in [0.4, 0.5) is 0 Å². The maximum absolute atomic E-state index is 9.86. The third kappa shape index (κ3) is 1.13. The fraction of sp³-hybridized carbons (Fsp3) is 0.400. The largest absolute Gasteiger partial charge is 0.312 e. The number of amides is 1. The molecule has 0 bridgehead atoms. The quantitative estimate of drug-likeness (QED) is 0.475. The average molecular weight is 125 g/mol. The summed E-state index contributed by atoms with van der Waals surface area (Å²) in [5.74, 6) is 0.588. The molecule has 1 rings (SSSR count). The van der Waals surface area contributed by atoms with Gasteiger partial charge in [-0.05, 0) is 6.92 Å². The van der Waals surface area contributed by atoms with Gasteiger partial charge < -0.3 is 5.32 Å². The van der Waals surface area contributed by atoms with E-state index in [4.69, 9.17) is 0 Å². The Bertz CT molecular complexity index is 183. The van der Waals surface area contributed by atoms with E-state index in [9.17, 15) is 4.79 Å². The second-order valence-corrected chi connectivity index (χ2v) is 1.65. The Morgan fingerprint density at radius 1 is 1.67 bits per heavy atom. The number of nitrogens with one attached hydrogen (secondary N) is 1. The van der Waals surface area contributed by atoms with Crippen molar-refractivity contribution < 1.29 is 4.79 Å². The van der Waals surface area contributed by atoms with Crippen molar-refractivity contribution in [3.8, 4) is 0 Å². The van der Waals surface area contributed by atoms with Gasteiger partial charge in [-0.25, -0.2) is 4.99 Å². The van der Waals surface area contributed by atoms with Crippen molar-refractivity contribution in [3.63, 3.8) is 0 Å². The van der Waals surface area contributed by atoms with Gasteiger partial charge in [-0.1, -0.05) is 0 Å². The molecule has 0 saturated carbocycles. The van der Waals surface area contributed by atoms with Crippen molar-refractivity contribution in [2.24, 2.45) is 9.98 Å². The van der Waals surface area contributed by atoms with Crippen LogP contribution in [0.3, 0.4) is 0 Å². The van der Waals surface area contributed by atoms with Crippen molar-refractivity contribution in [3.05, 3.63) is 0 Å². The molecule has 1 aliphatic rings. The van der Waals surface area contributed by atoms with Crippen LogP contribution in [0.5, 0.6) is 0 Å². The standard InChI is InChI=1S/C5H7N3O/c1-4-5(8-3-9)7-2-6-4/h3H,2H2,1H3,(H,7,8,9). The van der Waals surface area contributed by atoms with Gasteiger partial charge in [-0.3, -0.25) is 9.79 Å². The van der Waals surface area contributed by atoms with E-state index in [2.05, 4.69) is 15.3 Å². The van der Waals surface area contributed by atoms with Crippen LogP contribution in [0.25, 0.3) is 0 Å². The summed E-state index contributed by atoms with van der Waals surface area (Å²) in [6.45, 7) is 2.25. The fourth-order valence-corrected chi connectivity index (χ4v) is 0.607. The first-order valence-electron chi connectivity index (χ1n) is 2.60. The molecule has 0 radical (unpaired) electrons. The molecule has 0 aromatic carbocycles. The molecule has 1 heterocycles. The van der Waals surface area contributed by atoms with E-state index in [0.717, 1.165) is 5.71 Å². The Balaban J connectivity index is 2.60. The zero-order chi connectivity index (χ0) is 6.69. The summed E-state index contributed by atoms with van der Waals surface area (Å²) in [5.41, 5.74) is 0.794. The van der Waals surface area contributed by atoms with E-state index in [-0.39, 0.29) is 0 Å². The Labute approximate surface area is 52.7 Å². The molecule has 48 valence electrons. The Morgan fingerprint density at radius 3 is 2.89 bits per heavy atom. The molecule has 0 spiro atoms. The third-order valence-corrected chi connectivity index (χ3v) is 1.08. The van der Waals surface area contributed by atoms with Crippen LogP contribution in [0.2, 0.25) is 0 Å². The van der Waals surface area contributed by atoms with Gasteiger partial charge >= 0.3 is 0 Å². The molecule has 1 N–H and O–H groups in total. The van der Waals surface area contributed by atoms with Gasteiger partial charge in [0.25, 0.3) is 0 Å². The molecular weight excluding hydrogens is 118 g/mol. The number of amidine groups is 1. The lowest BCUT2D eigenvalue weighted by molar-refractivity contribution is -0.108. The molecule has 4 nitrogen and oxygen atoms in total. The second kappa shape index (κ2) is 2.39. The van der Waals surface area contributed by atoms with Crippen molar-refractivity contribution >= 4 is 18.0 Å². The highest BCUT2D eigenvalue weighted by Crippen LogP contribution is 1.90. The lowest BCUT2D eigenvalue weighted by Gasteiger charge is -1.93. The molecule has 1 amide bonds. The lowest BCUT2D eigenvalue weighted by Crippen LogP contribution is -2.25. The molecular formula is C5H7N3O. The topological polar surface area (TPSA) is 53.8 Å². The van der Waals surface area contributed by atoms with Gasteiger partial charge in [0.05, 0.1) is 5.71 Å². The minimum atomic E-state index is 0.446. The first kappa shape index (κ1) is 5.94. The number of hydrogen-bond acceptors (Lipinski definition) is 3. The predicted octanol–water partition coefficient (Wildman–Crippen LogP) is -0.437. The van der Waals surface area contributed by atoms with E-state index in [1.54, 1.807) is 0 Å². The van der Waals surface area contributed by atoms with Gasteiger partial charge in [0.15, 0.2) is 5.84 Å². The van der Waals surface area contributed by atoms with Gasteiger partial charge in [0, 0.05) is 0 Å².